The van der Waals surface area contributed by atoms with Crippen LogP contribution in [-0.4, -0.2) is 0 Å². The van der Waals surface area contributed by atoms with Crippen LogP contribution in [-0.2, 0) is 0 Å². The number of anilines is 6. The molecular weight excluding hydrogens is 677 g/mol. The topological polar surface area (TPSA) is 6.48 Å². The molecule has 0 fully saturated rings. The van der Waals surface area contributed by atoms with Crippen molar-refractivity contribution in [2.45, 2.75) is 0 Å². The fourth-order valence-electron chi connectivity index (χ4n) is 8.19. The Labute approximate surface area is 327 Å². The van der Waals surface area contributed by atoms with Crippen molar-refractivity contribution in [3.63, 3.8) is 0 Å². The average molecular weight is 715 g/mol. The molecule has 0 heterocycles. The van der Waals surface area contributed by atoms with E-state index in [2.05, 4.69) is 240 Å². The van der Waals surface area contributed by atoms with Crippen molar-refractivity contribution < 1.29 is 0 Å². The second-order valence-corrected chi connectivity index (χ2v) is 14.1. The van der Waals surface area contributed by atoms with Crippen molar-refractivity contribution in [2.75, 3.05) is 9.80 Å². The van der Waals surface area contributed by atoms with Crippen molar-refractivity contribution in [2.24, 2.45) is 0 Å². The number of fused-ring (bicyclic) bond motifs is 5. The van der Waals surface area contributed by atoms with Crippen molar-refractivity contribution in [3.05, 3.63) is 231 Å². The summed E-state index contributed by atoms with van der Waals surface area (Å²) >= 11 is 0. The van der Waals surface area contributed by atoms with Gasteiger partial charge in [-0.15, -0.1) is 0 Å². The van der Waals surface area contributed by atoms with E-state index in [-0.39, 0.29) is 0 Å². The molecular formula is C54H38N2. The molecule has 10 aromatic carbocycles. The molecule has 0 aliphatic heterocycles. The predicted molar refractivity (Wildman–Crippen MR) is 239 cm³/mol. The highest BCUT2D eigenvalue weighted by Gasteiger charge is 2.22. The van der Waals surface area contributed by atoms with Crippen LogP contribution in [0.15, 0.2) is 231 Å². The number of rotatable bonds is 8. The second kappa shape index (κ2) is 14.4. The Balaban J connectivity index is 1.21. The molecule has 0 aliphatic rings. The third kappa shape index (κ3) is 6.04. The van der Waals surface area contributed by atoms with Gasteiger partial charge in [0.1, 0.15) is 0 Å². The van der Waals surface area contributed by atoms with Gasteiger partial charge in [-0.25, -0.2) is 0 Å². The minimum absolute atomic E-state index is 1.10. The lowest BCUT2D eigenvalue weighted by molar-refractivity contribution is 1.30. The Morgan fingerprint density at radius 2 is 0.518 bits per heavy atom. The van der Waals surface area contributed by atoms with Crippen LogP contribution in [0.4, 0.5) is 34.1 Å². The lowest BCUT2D eigenvalue weighted by Gasteiger charge is -2.30. The van der Waals surface area contributed by atoms with Crippen LogP contribution in [0.5, 0.6) is 0 Å². The lowest BCUT2D eigenvalue weighted by Crippen LogP contribution is -2.12. The number of nitrogens with zero attached hydrogens (tertiary/aromatic N) is 2. The zero-order valence-electron chi connectivity index (χ0n) is 30.8. The quantitative estimate of drug-likeness (QED) is 0.145. The summed E-state index contributed by atoms with van der Waals surface area (Å²) in [6, 6.07) is 83.1. The highest BCUT2D eigenvalue weighted by Crippen LogP contribution is 2.48. The van der Waals surface area contributed by atoms with E-state index in [1.54, 1.807) is 0 Å². The molecule has 0 aromatic heterocycles. The molecule has 0 spiro atoms. The van der Waals surface area contributed by atoms with E-state index in [0.29, 0.717) is 0 Å². The molecule has 0 amide bonds. The first-order chi connectivity index (χ1) is 27.8. The first-order valence-corrected chi connectivity index (χ1v) is 19.2. The van der Waals surface area contributed by atoms with Gasteiger partial charge in [0.25, 0.3) is 0 Å². The summed E-state index contributed by atoms with van der Waals surface area (Å²) in [7, 11) is 0. The summed E-state index contributed by atoms with van der Waals surface area (Å²) in [6.07, 6.45) is 0. The van der Waals surface area contributed by atoms with Crippen molar-refractivity contribution in [3.8, 4) is 22.3 Å². The van der Waals surface area contributed by atoms with Gasteiger partial charge in [0, 0.05) is 33.5 Å². The van der Waals surface area contributed by atoms with Gasteiger partial charge in [0.2, 0.25) is 0 Å². The third-order valence-electron chi connectivity index (χ3n) is 10.8. The summed E-state index contributed by atoms with van der Waals surface area (Å²) in [5, 5.41) is 7.28. The van der Waals surface area contributed by atoms with Crippen molar-refractivity contribution in [1.29, 1.82) is 0 Å². The van der Waals surface area contributed by atoms with E-state index in [0.717, 1.165) is 34.1 Å². The van der Waals surface area contributed by atoms with Gasteiger partial charge < -0.3 is 9.80 Å². The molecule has 0 saturated heterocycles. The van der Waals surface area contributed by atoms with E-state index in [1.165, 1.54) is 54.6 Å². The smallest absolute Gasteiger partial charge is 0.0546 e. The monoisotopic (exact) mass is 714 g/mol. The summed E-state index contributed by atoms with van der Waals surface area (Å²) in [4.78, 5) is 4.81. The van der Waals surface area contributed by atoms with Crippen LogP contribution in [0.25, 0.3) is 54.6 Å². The Bertz CT molecular complexity index is 2720. The second-order valence-electron chi connectivity index (χ2n) is 14.1. The Morgan fingerprint density at radius 3 is 0.893 bits per heavy atom. The molecule has 0 N–H and O–H groups in total. The maximum atomic E-state index is 2.41. The zero-order chi connectivity index (χ0) is 37.3. The molecule has 0 bridgehead atoms. The number of benzene rings is 10. The van der Waals surface area contributed by atoms with E-state index < -0.39 is 0 Å². The Hall–Kier alpha value is -7.42. The minimum Gasteiger partial charge on any atom is -0.310 e. The molecule has 0 atom stereocenters. The predicted octanol–water partition coefficient (Wildman–Crippen LogP) is 15.4. The molecule has 0 aliphatic carbocycles. The Kier molecular flexibility index (Phi) is 8.55. The zero-order valence-corrected chi connectivity index (χ0v) is 30.8. The van der Waals surface area contributed by atoms with Gasteiger partial charge in [-0.2, -0.15) is 0 Å². The van der Waals surface area contributed by atoms with Gasteiger partial charge >= 0.3 is 0 Å². The fourth-order valence-corrected chi connectivity index (χ4v) is 8.19. The number of hydrogen-bond donors (Lipinski definition) is 0. The van der Waals surface area contributed by atoms with Crippen LogP contribution in [0.2, 0.25) is 0 Å². The maximum absolute atomic E-state index is 2.41. The van der Waals surface area contributed by atoms with E-state index >= 15 is 0 Å². The molecule has 0 unspecified atom stereocenters. The van der Waals surface area contributed by atoms with Gasteiger partial charge in [-0.1, -0.05) is 170 Å². The maximum Gasteiger partial charge on any atom is 0.0546 e. The van der Waals surface area contributed by atoms with E-state index in [1.807, 2.05) is 0 Å². The van der Waals surface area contributed by atoms with Gasteiger partial charge in [0.15, 0.2) is 0 Å². The molecule has 2 heteroatoms. The molecule has 2 nitrogen and oxygen atoms in total. The Morgan fingerprint density at radius 1 is 0.232 bits per heavy atom. The summed E-state index contributed by atoms with van der Waals surface area (Å²) < 4.78 is 0. The first-order valence-electron chi connectivity index (χ1n) is 19.2. The molecule has 0 saturated carbocycles. The largest absolute Gasteiger partial charge is 0.310 e. The summed E-state index contributed by atoms with van der Waals surface area (Å²) in [5.74, 6) is 0. The highest BCUT2D eigenvalue weighted by molar-refractivity contribution is 6.26. The van der Waals surface area contributed by atoms with Crippen LogP contribution in [0, 0.1) is 0 Å². The van der Waals surface area contributed by atoms with Crippen LogP contribution in [0.1, 0.15) is 0 Å². The SMILES string of the molecule is c1ccc(-c2ccc(N(c3ccccc3)c3cc4cc(N(c5ccccc5)c5ccc(-c6ccccc6)cc5)c5ccccc5c4c4ccccc34)cc2)cc1. The average Bonchev–Trinajstić information content (AvgIpc) is 3.28. The molecule has 10 aromatic rings. The molecule has 0 radical (unpaired) electrons. The third-order valence-corrected chi connectivity index (χ3v) is 10.8. The van der Waals surface area contributed by atoms with E-state index in [9.17, 15) is 0 Å². The standard InChI is InChI=1S/C54H38N2/c1-5-17-39(18-6-1)41-29-33-46(34-30-41)55(44-21-9-3-10-22-44)52-37-43-38-53(49-26-14-16-28-51(49)54(43)50-27-15-13-25-48(50)52)56(45-23-11-4-12-24-45)47-35-31-42(32-36-47)40-19-7-2-8-20-40/h1-38H. The molecule has 10 rings (SSSR count). The van der Waals surface area contributed by atoms with Gasteiger partial charge in [0.05, 0.1) is 11.4 Å². The molecule has 264 valence electrons. The minimum atomic E-state index is 1.10. The van der Waals surface area contributed by atoms with Crippen LogP contribution in [0.3, 0.4) is 0 Å². The van der Waals surface area contributed by atoms with Crippen LogP contribution < -0.4 is 9.80 Å². The highest BCUT2D eigenvalue weighted by atomic mass is 15.2. The lowest BCUT2D eigenvalue weighted by atomic mass is 9.93. The fraction of sp³-hybridized carbons (Fsp3) is 0. The first kappa shape index (κ1) is 33.2. The number of hydrogen-bond acceptors (Lipinski definition) is 2. The summed E-state index contributed by atoms with van der Waals surface area (Å²) in [6.45, 7) is 0. The van der Waals surface area contributed by atoms with Gasteiger partial charge in [-0.05, 0) is 104 Å². The van der Waals surface area contributed by atoms with Crippen molar-refractivity contribution >= 4 is 66.4 Å². The van der Waals surface area contributed by atoms with Crippen LogP contribution >= 0.6 is 0 Å². The normalized spacial score (nSPS) is 11.2. The van der Waals surface area contributed by atoms with Gasteiger partial charge in [-0.3, -0.25) is 0 Å². The molecule has 56 heavy (non-hydrogen) atoms. The number of para-hydroxylation sites is 2. The van der Waals surface area contributed by atoms with E-state index in [4.69, 9.17) is 0 Å². The summed E-state index contributed by atoms with van der Waals surface area (Å²) in [5.41, 5.74) is 11.5. The van der Waals surface area contributed by atoms with Crippen molar-refractivity contribution in [1.82, 2.24) is 0 Å².